The lowest BCUT2D eigenvalue weighted by molar-refractivity contribution is 0.288. The third-order valence-corrected chi connectivity index (χ3v) is 4.48. The molecule has 0 aromatic carbocycles. The highest BCUT2D eigenvalue weighted by atomic mass is 15.2. The summed E-state index contributed by atoms with van der Waals surface area (Å²) in [5.74, 6) is 1.19. The van der Waals surface area contributed by atoms with Gasteiger partial charge in [0.2, 0.25) is 0 Å². The monoisotopic (exact) mass is 286 g/mol. The van der Waals surface area contributed by atoms with Gasteiger partial charge in [-0.15, -0.1) is 0 Å². The van der Waals surface area contributed by atoms with Crippen LogP contribution < -0.4 is 5.32 Å². The molecule has 0 amide bonds. The minimum Gasteiger partial charge on any atom is -0.321 e. The highest BCUT2D eigenvalue weighted by molar-refractivity contribution is 5.75. The quantitative estimate of drug-likeness (QED) is 0.938. The molecule has 1 atom stereocenters. The Labute approximate surface area is 127 Å². The van der Waals surface area contributed by atoms with E-state index in [9.17, 15) is 0 Å². The second-order valence-electron chi connectivity index (χ2n) is 7.17. The number of hydrogen-bond acceptors (Lipinski definition) is 3. The molecule has 2 aromatic rings. The van der Waals surface area contributed by atoms with Gasteiger partial charge in [0.25, 0.3) is 0 Å². The van der Waals surface area contributed by atoms with Crippen LogP contribution in [0.2, 0.25) is 0 Å². The molecule has 1 aliphatic rings. The lowest BCUT2D eigenvalue weighted by atomic mass is 9.90. The van der Waals surface area contributed by atoms with Crippen molar-refractivity contribution in [3.8, 4) is 0 Å². The number of aromatic nitrogens is 3. The highest BCUT2D eigenvalue weighted by Crippen LogP contribution is 2.38. The van der Waals surface area contributed by atoms with Crippen molar-refractivity contribution in [3.05, 3.63) is 24.3 Å². The first-order chi connectivity index (χ1) is 9.98. The Morgan fingerprint density at radius 1 is 1.38 bits per heavy atom. The van der Waals surface area contributed by atoms with Gasteiger partial charge in [0, 0.05) is 11.7 Å². The smallest absolute Gasteiger partial charge is 0.130 e. The average Bonchev–Trinajstić information content (AvgIpc) is 3.02. The predicted molar refractivity (Wildman–Crippen MR) is 86.3 cm³/mol. The van der Waals surface area contributed by atoms with Crippen LogP contribution in [0, 0.1) is 0 Å². The van der Waals surface area contributed by atoms with Crippen molar-refractivity contribution in [2.75, 3.05) is 6.54 Å². The van der Waals surface area contributed by atoms with E-state index in [0.717, 1.165) is 18.5 Å². The van der Waals surface area contributed by atoms with Crippen molar-refractivity contribution >= 4 is 11.0 Å². The second-order valence-corrected chi connectivity index (χ2v) is 7.17. The Bertz CT molecular complexity index is 630. The molecular weight excluding hydrogens is 260 g/mol. The molecule has 1 fully saturated rings. The minimum atomic E-state index is 0.0104. The largest absolute Gasteiger partial charge is 0.321 e. The Kier molecular flexibility index (Phi) is 3.52. The summed E-state index contributed by atoms with van der Waals surface area (Å²) in [5.41, 5.74) is 2.24. The Hall–Kier alpha value is -1.42. The van der Waals surface area contributed by atoms with Gasteiger partial charge in [-0.1, -0.05) is 13.3 Å². The zero-order valence-electron chi connectivity index (χ0n) is 13.6. The van der Waals surface area contributed by atoms with Gasteiger partial charge in [-0.05, 0) is 52.6 Å². The van der Waals surface area contributed by atoms with Crippen LogP contribution in [0.1, 0.15) is 59.2 Å². The van der Waals surface area contributed by atoms with E-state index in [1.165, 1.54) is 30.6 Å². The molecular formula is C17H26N4. The molecule has 0 aliphatic carbocycles. The summed E-state index contributed by atoms with van der Waals surface area (Å²) in [4.78, 5) is 9.24. The molecule has 21 heavy (non-hydrogen) atoms. The molecule has 1 aliphatic heterocycles. The van der Waals surface area contributed by atoms with Crippen LogP contribution >= 0.6 is 0 Å². The third kappa shape index (κ3) is 2.35. The number of fused-ring (bicyclic) bond motifs is 1. The van der Waals surface area contributed by atoms with Gasteiger partial charge < -0.3 is 9.88 Å². The van der Waals surface area contributed by atoms with Gasteiger partial charge in [0.1, 0.15) is 11.3 Å². The molecule has 0 spiro atoms. The van der Waals surface area contributed by atoms with Crippen molar-refractivity contribution in [3.63, 3.8) is 0 Å². The maximum absolute atomic E-state index is 4.99. The fraction of sp³-hybridized carbons (Fsp3) is 0.647. The Morgan fingerprint density at radius 3 is 2.81 bits per heavy atom. The van der Waals surface area contributed by atoms with Gasteiger partial charge in [0.05, 0.1) is 17.3 Å². The van der Waals surface area contributed by atoms with E-state index in [2.05, 4.69) is 48.6 Å². The Balaban J connectivity index is 2.26. The summed E-state index contributed by atoms with van der Waals surface area (Å²) >= 11 is 0. The molecule has 1 saturated heterocycles. The number of imidazole rings is 1. The predicted octanol–water partition coefficient (Wildman–Crippen LogP) is 3.57. The molecule has 3 rings (SSSR count). The van der Waals surface area contributed by atoms with Crippen molar-refractivity contribution in [2.45, 2.75) is 64.5 Å². The van der Waals surface area contributed by atoms with Crippen LogP contribution in [0.5, 0.6) is 0 Å². The van der Waals surface area contributed by atoms with Gasteiger partial charge in [-0.3, -0.25) is 4.98 Å². The number of rotatable bonds is 3. The lowest BCUT2D eigenvalue weighted by Gasteiger charge is -2.34. The molecule has 0 bridgehead atoms. The molecule has 4 heteroatoms. The molecule has 2 aromatic heterocycles. The number of nitrogens with zero attached hydrogens (tertiary/aromatic N) is 3. The SMILES string of the molecule is CCCC1(c2nc3cnccc3n2C(C)(C)C)CCCN1. The fourth-order valence-corrected chi connectivity index (χ4v) is 3.68. The second kappa shape index (κ2) is 5.09. The number of nitrogens with one attached hydrogen (secondary N) is 1. The summed E-state index contributed by atoms with van der Waals surface area (Å²) in [5, 5.41) is 3.76. The first-order valence-corrected chi connectivity index (χ1v) is 8.06. The minimum absolute atomic E-state index is 0.0104. The van der Waals surface area contributed by atoms with Gasteiger partial charge >= 0.3 is 0 Å². The van der Waals surface area contributed by atoms with Crippen LogP contribution in [0.4, 0.5) is 0 Å². The number of hydrogen-bond donors (Lipinski definition) is 1. The zero-order valence-corrected chi connectivity index (χ0v) is 13.6. The third-order valence-electron chi connectivity index (χ3n) is 4.48. The summed E-state index contributed by atoms with van der Waals surface area (Å²) < 4.78 is 2.41. The van der Waals surface area contributed by atoms with E-state index in [-0.39, 0.29) is 11.1 Å². The van der Waals surface area contributed by atoms with Crippen molar-refractivity contribution < 1.29 is 0 Å². The highest BCUT2D eigenvalue weighted by Gasteiger charge is 2.40. The van der Waals surface area contributed by atoms with Crippen LogP contribution in [-0.4, -0.2) is 21.1 Å². The van der Waals surface area contributed by atoms with Crippen molar-refractivity contribution in [1.29, 1.82) is 0 Å². The van der Waals surface area contributed by atoms with Crippen LogP contribution in [0.15, 0.2) is 18.5 Å². The molecule has 4 nitrogen and oxygen atoms in total. The van der Waals surface area contributed by atoms with Crippen molar-refractivity contribution in [1.82, 2.24) is 19.9 Å². The van der Waals surface area contributed by atoms with E-state index in [0.29, 0.717) is 0 Å². The van der Waals surface area contributed by atoms with E-state index >= 15 is 0 Å². The summed E-state index contributed by atoms with van der Waals surface area (Å²) in [6, 6.07) is 2.09. The zero-order chi connectivity index (χ0) is 15.1. The summed E-state index contributed by atoms with van der Waals surface area (Å²) in [6.45, 7) is 10.1. The molecule has 0 radical (unpaired) electrons. The molecule has 1 N–H and O–H groups in total. The number of pyridine rings is 1. The first kappa shape index (κ1) is 14.5. The topological polar surface area (TPSA) is 42.7 Å². The average molecular weight is 286 g/mol. The lowest BCUT2D eigenvalue weighted by Crippen LogP contribution is -2.42. The summed E-state index contributed by atoms with van der Waals surface area (Å²) in [7, 11) is 0. The van der Waals surface area contributed by atoms with E-state index in [4.69, 9.17) is 4.98 Å². The van der Waals surface area contributed by atoms with Gasteiger partial charge in [0.15, 0.2) is 0 Å². The standard InChI is InChI=1S/C17H26N4/c1-5-8-17(9-6-10-19-17)15-20-13-12-18-11-7-14(13)21(15)16(2,3)4/h7,11-12,19H,5-6,8-10H2,1-4H3. The van der Waals surface area contributed by atoms with E-state index in [1.807, 2.05) is 12.4 Å². The van der Waals surface area contributed by atoms with E-state index in [1.54, 1.807) is 0 Å². The van der Waals surface area contributed by atoms with Gasteiger partial charge in [-0.2, -0.15) is 0 Å². The van der Waals surface area contributed by atoms with Crippen LogP contribution in [0.3, 0.4) is 0 Å². The van der Waals surface area contributed by atoms with E-state index < -0.39 is 0 Å². The van der Waals surface area contributed by atoms with Gasteiger partial charge in [-0.25, -0.2) is 4.98 Å². The molecule has 3 heterocycles. The fourth-order valence-electron chi connectivity index (χ4n) is 3.68. The van der Waals surface area contributed by atoms with Crippen molar-refractivity contribution in [2.24, 2.45) is 0 Å². The van der Waals surface area contributed by atoms with Crippen LogP contribution in [-0.2, 0) is 11.1 Å². The molecule has 1 unspecified atom stereocenters. The summed E-state index contributed by atoms with van der Waals surface area (Å²) in [6.07, 6.45) is 8.46. The normalized spacial score (nSPS) is 23.0. The van der Waals surface area contributed by atoms with Crippen LogP contribution in [0.25, 0.3) is 11.0 Å². The molecule has 114 valence electrons. The Morgan fingerprint density at radius 2 is 2.19 bits per heavy atom. The maximum atomic E-state index is 4.99. The first-order valence-electron chi connectivity index (χ1n) is 8.06. The maximum Gasteiger partial charge on any atom is 0.130 e. The molecule has 0 saturated carbocycles.